The topological polar surface area (TPSA) is 89.4 Å². The standard InChI is InChI=1S/C30H39N5O3/c1-4-22(36)11-6-5-7-13-25(32-28(37)23-19-30(23)14-16-34(2)20-30)27-31-15-17-35(27)26-18-21-10-8-9-12-24(21)33-29(26)38-3/h8-10,12,15,17-18,23,25H,4-7,11,13-14,16,19-20H2,1-3H3,(H,32,37)/t23?,25-,30?/m0/s1. The number of pyridine rings is 1. The Kier molecular flexibility index (Phi) is 7.79. The van der Waals surface area contributed by atoms with Crippen LogP contribution < -0.4 is 10.1 Å². The maximum atomic E-state index is 13.5. The van der Waals surface area contributed by atoms with Gasteiger partial charge in [0.05, 0.1) is 18.7 Å². The van der Waals surface area contributed by atoms with Gasteiger partial charge in [-0.15, -0.1) is 0 Å². The van der Waals surface area contributed by atoms with Crippen LogP contribution in [0.1, 0.15) is 70.2 Å². The van der Waals surface area contributed by atoms with Crippen molar-refractivity contribution in [3.63, 3.8) is 0 Å². The molecule has 3 atom stereocenters. The number of benzene rings is 1. The number of likely N-dealkylation sites (tertiary alicyclic amines) is 1. The van der Waals surface area contributed by atoms with Gasteiger partial charge in [0.2, 0.25) is 11.8 Å². The van der Waals surface area contributed by atoms with Crippen molar-refractivity contribution in [3.8, 4) is 11.6 Å². The summed E-state index contributed by atoms with van der Waals surface area (Å²) in [6.07, 6.45) is 10.4. The molecule has 2 aromatic heterocycles. The molecule has 2 unspecified atom stereocenters. The molecule has 1 saturated heterocycles. The number of nitrogens with zero attached hydrogens (tertiary/aromatic N) is 4. The zero-order chi connectivity index (χ0) is 26.7. The maximum absolute atomic E-state index is 13.5. The van der Waals surface area contributed by atoms with Crippen LogP contribution in [0.25, 0.3) is 16.6 Å². The first kappa shape index (κ1) is 26.4. The normalized spacial score (nSPS) is 21.6. The number of ketones is 1. The second-order valence-corrected chi connectivity index (χ2v) is 11.0. The van der Waals surface area contributed by atoms with Crippen LogP contribution in [0.3, 0.4) is 0 Å². The highest BCUT2D eigenvalue weighted by Crippen LogP contribution is 2.58. The van der Waals surface area contributed by atoms with Crippen LogP contribution in [-0.2, 0) is 9.59 Å². The van der Waals surface area contributed by atoms with Gasteiger partial charge in [-0.25, -0.2) is 9.97 Å². The number of hydrogen-bond acceptors (Lipinski definition) is 6. The fourth-order valence-corrected chi connectivity index (χ4v) is 6.03. The number of Topliss-reactive ketones (excluding diaryl/α,β-unsaturated/α-hetero) is 1. The first-order valence-corrected chi connectivity index (χ1v) is 13.9. The number of carbonyl (C=O) groups is 2. The molecule has 1 saturated carbocycles. The molecule has 1 aliphatic carbocycles. The van der Waals surface area contributed by atoms with Gasteiger partial charge in [0, 0.05) is 43.1 Å². The van der Waals surface area contributed by atoms with Crippen molar-refractivity contribution >= 4 is 22.6 Å². The van der Waals surface area contributed by atoms with Gasteiger partial charge in [-0.2, -0.15) is 0 Å². The number of amides is 1. The number of ether oxygens (including phenoxy) is 1. The Balaban J connectivity index is 1.38. The minimum atomic E-state index is -0.243. The van der Waals surface area contributed by atoms with E-state index < -0.39 is 0 Å². The summed E-state index contributed by atoms with van der Waals surface area (Å²) in [5.41, 5.74) is 1.80. The van der Waals surface area contributed by atoms with Gasteiger partial charge in [0.15, 0.2) is 0 Å². The third kappa shape index (κ3) is 5.46. The van der Waals surface area contributed by atoms with Gasteiger partial charge in [-0.05, 0) is 56.8 Å². The Morgan fingerprint density at radius 3 is 2.84 bits per heavy atom. The Bertz CT molecular complexity index is 1300. The lowest BCUT2D eigenvalue weighted by Crippen LogP contribution is -2.33. The third-order valence-corrected chi connectivity index (χ3v) is 8.35. The molecule has 5 rings (SSSR count). The summed E-state index contributed by atoms with van der Waals surface area (Å²) in [6.45, 7) is 3.97. The lowest BCUT2D eigenvalue weighted by molar-refractivity contribution is -0.124. The minimum absolute atomic E-state index is 0.0670. The van der Waals surface area contributed by atoms with Crippen LogP contribution in [-0.4, -0.2) is 58.4 Å². The van der Waals surface area contributed by atoms with Gasteiger partial charge in [-0.1, -0.05) is 38.0 Å². The molecule has 3 heterocycles. The fraction of sp³-hybridized carbons (Fsp3) is 0.533. The molecule has 1 N–H and O–H groups in total. The van der Waals surface area contributed by atoms with E-state index in [0.29, 0.717) is 24.5 Å². The van der Waals surface area contributed by atoms with E-state index in [1.807, 2.05) is 42.0 Å². The number of rotatable bonds is 12. The maximum Gasteiger partial charge on any atom is 0.238 e. The van der Waals surface area contributed by atoms with E-state index >= 15 is 0 Å². The Morgan fingerprint density at radius 1 is 1.24 bits per heavy atom. The fourth-order valence-electron chi connectivity index (χ4n) is 6.03. The number of methoxy groups -OCH3 is 1. The summed E-state index contributed by atoms with van der Waals surface area (Å²) in [5.74, 6) is 1.79. The smallest absolute Gasteiger partial charge is 0.238 e. The van der Waals surface area contributed by atoms with Gasteiger partial charge < -0.3 is 15.0 Å². The van der Waals surface area contributed by atoms with E-state index in [2.05, 4.69) is 23.3 Å². The zero-order valence-electron chi connectivity index (χ0n) is 22.8. The van der Waals surface area contributed by atoms with Gasteiger partial charge in [0.25, 0.3) is 0 Å². The van der Waals surface area contributed by atoms with Crippen molar-refractivity contribution in [2.24, 2.45) is 11.3 Å². The number of hydrogen-bond donors (Lipinski definition) is 1. The highest BCUT2D eigenvalue weighted by molar-refractivity contribution is 5.83. The number of nitrogens with one attached hydrogen (secondary N) is 1. The van der Waals surface area contributed by atoms with Crippen molar-refractivity contribution in [1.82, 2.24) is 24.8 Å². The van der Waals surface area contributed by atoms with Crippen molar-refractivity contribution < 1.29 is 14.3 Å². The predicted octanol–water partition coefficient (Wildman–Crippen LogP) is 4.86. The highest BCUT2D eigenvalue weighted by Gasteiger charge is 2.60. The molecular weight excluding hydrogens is 478 g/mol. The number of fused-ring (bicyclic) bond motifs is 1. The average Bonchev–Trinajstić information content (AvgIpc) is 3.22. The van der Waals surface area contributed by atoms with E-state index in [1.54, 1.807) is 13.3 Å². The van der Waals surface area contributed by atoms with Crippen LogP contribution >= 0.6 is 0 Å². The Labute approximate surface area is 224 Å². The predicted molar refractivity (Wildman–Crippen MR) is 147 cm³/mol. The summed E-state index contributed by atoms with van der Waals surface area (Å²) in [4.78, 5) is 37.0. The van der Waals surface area contributed by atoms with E-state index in [4.69, 9.17) is 14.7 Å². The van der Waals surface area contributed by atoms with Crippen LogP contribution in [0.15, 0.2) is 42.7 Å². The molecule has 38 heavy (non-hydrogen) atoms. The van der Waals surface area contributed by atoms with E-state index in [1.165, 1.54) is 0 Å². The highest BCUT2D eigenvalue weighted by atomic mass is 16.5. The monoisotopic (exact) mass is 517 g/mol. The zero-order valence-corrected chi connectivity index (χ0v) is 22.8. The van der Waals surface area contributed by atoms with Crippen molar-refractivity contribution in [3.05, 3.63) is 48.5 Å². The Morgan fingerprint density at radius 2 is 2.08 bits per heavy atom. The molecular formula is C30H39N5O3. The second-order valence-electron chi connectivity index (χ2n) is 11.0. The molecule has 0 radical (unpaired) electrons. The molecule has 1 aromatic carbocycles. The number of imidazole rings is 1. The SMILES string of the molecule is CCC(=O)CCCCC[C@H](NC(=O)C1CC12CCN(C)C2)c1nccn1-c1cc2ccccc2nc1OC. The van der Waals surface area contributed by atoms with Crippen LogP contribution in [0.5, 0.6) is 5.88 Å². The summed E-state index contributed by atoms with van der Waals surface area (Å²) in [5, 5.41) is 4.38. The molecule has 3 aromatic rings. The average molecular weight is 518 g/mol. The van der Waals surface area contributed by atoms with E-state index in [0.717, 1.165) is 74.0 Å². The molecule has 0 bridgehead atoms. The summed E-state index contributed by atoms with van der Waals surface area (Å²) < 4.78 is 7.67. The van der Waals surface area contributed by atoms with Crippen LogP contribution in [0.4, 0.5) is 0 Å². The summed E-state index contributed by atoms with van der Waals surface area (Å²) >= 11 is 0. The lowest BCUT2D eigenvalue weighted by atomic mass is 10.0. The van der Waals surface area contributed by atoms with Crippen molar-refractivity contribution in [2.75, 3.05) is 27.2 Å². The molecule has 8 nitrogen and oxygen atoms in total. The number of unbranched alkanes of at least 4 members (excludes halogenated alkanes) is 2. The molecule has 1 aliphatic heterocycles. The van der Waals surface area contributed by atoms with E-state index in [-0.39, 0.29) is 23.3 Å². The molecule has 202 valence electrons. The lowest BCUT2D eigenvalue weighted by Gasteiger charge is -2.22. The molecule has 2 fully saturated rings. The largest absolute Gasteiger partial charge is 0.479 e. The Hall–Kier alpha value is -3.26. The first-order valence-electron chi connectivity index (χ1n) is 13.9. The van der Waals surface area contributed by atoms with Crippen molar-refractivity contribution in [2.45, 2.75) is 64.3 Å². The van der Waals surface area contributed by atoms with Crippen molar-refractivity contribution in [1.29, 1.82) is 0 Å². The quantitative estimate of drug-likeness (QED) is 0.345. The van der Waals surface area contributed by atoms with Crippen LogP contribution in [0, 0.1) is 11.3 Å². The minimum Gasteiger partial charge on any atom is -0.479 e. The number of aromatic nitrogens is 3. The molecule has 2 aliphatic rings. The first-order chi connectivity index (χ1) is 18.4. The van der Waals surface area contributed by atoms with E-state index in [9.17, 15) is 9.59 Å². The molecule has 8 heteroatoms. The molecule has 1 amide bonds. The summed E-state index contributed by atoms with van der Waals surface area (Å²) in [6, 6.07) is 9.77. The van der Waals surface area contributed by atoms with Gasteiger partial charge in [-0.3, -0.25) is 14.2 Å². The summed E-state index contributed by atoms with van der Waals surface area (Å²) in [7, 11) is 3.76. The molecule has 1 spiro atoms. The van der Waals surface area contributed by atoms with Crippen LogP contribution in [0.2, 0.25) is 0 Å². The van der Waals surface area contributed by atoms with Gasteiger partial charge in [0.1, 0.15) is 17.3 Å². The third-order valence-electron chi connectivity index (χ3n) is 8.35. The second kappa shape index (κ2) is 11.2. The number of para-hydroxylation sites is 1. The number of carbonyl (C=O) groups excluding carboxylic acids is 2. The van der Waals surface area contributed by atoms with Gasteiger partial charge >= 0.3 is 0 Å².